The summed E-state index contributed by atoms with van der Waals surface area (Å²) in [5.41, 5.74) is 0.525. The van der Waals surface area contributed by atoms with Gasteiger partial charge >= 0.3 is 5.97 Å². The molecule has 5 nitrogen and oxygen atoms in total. The minimum absolute atomic E-state index is 0.0842. The lowest BCUT2D eigenvalue weighted by Gasteiger charge is -2.09. The summed E-state index contributed by atoms with van der Waals surface area (Å²) >= 11 is 1.01. The highest BCUT2D eigenvalue weighted by Crippen LogP contribution is 2.26. The van der Waals surface area contributed by atoms with Gasteiger partial charge in [-0.3, -0.25) is 4.79 Å². The Labute approximate surface area is 102 Å². The third-order valence-corrected chi connectivity index (χ3v) is 3.55. The van der Waals surface area contributed by atoms with Crippen LogP contribution in [0, 0.1) is 12.8 Å². The lowest BCUT2D eigenvalue weighted by atomic mass is 10.1. The van der Waals surface area contributed by atoms with E-state index < -0.39 is 5.97 Å². The molecular weight excluding hydrogens is 240 g/mol. The number of anilines is 1. The number of hydrogen-bond donors (Lipinski definition) is 2. The van der Waals surface area contributed by atoms with E-state index in [1.807, 2.05) is 12.2 Å². The van der Waals surface area contributed by atoms with Gasteiger partial charge in [-0.2, -0.15) is 4.37 Å². The SMILES string of the molecule is Cc1nsc(NC(=O)C2CC=CC2)c1C(=O)O. The van der Waals surface area contributed by atoms with E-state index in [1.165, 1.54) is 0 Å². The number of aryl methyl sites for hydroxylation is 1. The fourth-order valence-corrected chi connectivity index (χ4v) is 2.54. The zero-order valence-electron chi connectivity index (χ0n) is 9.27. The van der Waals surface area contributed by atoms with E-state index in [-0.39, 0.29) is 17.4 Å². The Morgan fingerprint density at radius 3 is 2.71 bits per heavy atom. The van der Waals surface area contributed by atoms with Crippen LogP contribution < -0.4 is 5.32 Å². The molecule has 2 rings (SSSR count). The van der Waals surface area contributed by atoms with E-state index in [0.717, 1.165) is 11.5 Å². The number of rotatable bonds is 3. The zero-order valence-corrected chi connectivity index (χ0v) is 10.1. The Balaban J connectivity index is 2.13. The Bertz CT molecular complexity index is 485. The van der Waals surface area contributed by atoms with Crippen molar-refractivity contribution >= 4 is 28.4 Å². The summed E-state index contributed by atoms with van der Waals surface area (Å²) in [6.07, 6.45) is 5.35. The van der Waals surface area contributed by atoms with Gasteiger partial charge in [0.2, 0.25) is 5.91 Å². The molecule has 6 heteroatoms. The van der Waals surface area contributed by atoms with E-state index in [2.05, 4.69) is 9.69 Å². The van der Waals surface area contributed by atoms with Crippen molar-refractivity contribution < 1.29 is 14.7 Å². The number of nitrogens with zero attached hydrogens (tertiary/aromatic N) is 1. The monoisotopic (exact) mass is 252 g/mol. The number of nitrogens with one attached hydrogen (secondary N) is 1. The van der Waals surface area contributed by atoms with Gasteiger partial charge in [-0.25, -0.2) is 4.79 Å². The van der Waals surface area contributed by atoms with Crippen LogP contribution in [0.4, 0.5) is 5.00 Å². The molecule has 0 saturated carbocycles. The van der Waals surface area contributed by atoms with Crippen molar-refractivity contribution in [3.63, 3.8) is 0 Å². The van der Waals surface area contributed by atoms with Gasteiger partial charge in [-0.05, 0) is 31.3 Å². The van der Waals surface area contributed by atoms with Crippen molar-refractivity contribution in [2.45, 2.75) is 19.8 Å². The number of aromatic nitrogens is 1. The van der Waals surface area contributed by atoms with E-state index in [0.29, 0.717) is 23.5 Å². The highest BCUT2D eigenvalue weighted by atomic mass is 32.1. The summed E-state index contributed by atoms with van der Waals surface area (Å²) in [7, 11) is 0. The number of allylic oxidation sites excluding steroid dienone is 2. The van der Waals surface area contributed by atoms with Gasteiger partial charge < -0.3 is 10.4 Å². The van der Waals surface area contributed by atoms with Crippen LogP contribution in [0.2, 0.25) is 0 Å². The molecule has 1 aromatic rings. The van der Waals surface area contributed by atoms with Gasteiger partial charge in [-0.15, -0.1) is 0 Å². The average Bonchev–Trinajstić information content (AvgIpc) is 2.87. The van der Waals surface area contributed by atoms with Gasteiger partial charge in [0.1, 0.15) is 10.6 Å². The second kappa shape index (κ2) is 4.67. The summed E-state index contributed by atoms with van der Waals surface area (Å²) in [5, 5.41) is 12.0. The van der Waals surface area contributed by atoms with Crippen molar-refractivity contribution in [2.75, 3.05) is 5.32 Å². The lowest BCUT2D eigenvalue weighted by Crippen LogP contribution is -2.21. The third kappa shape index (κ3) is 2.36. The molecule has 0 fully saturated rings. The van der Waals surface area contributed by atoms with Crippen LogP contribution in [0.1, 0.15) is 28.9 Å². The summed E-state index contributed by atoms with van der Waals surface area (Å²) in [6.45, 7) is 1.62. The smallest absolute Gasteiger partial charge is 0.340 e. The first-order valence-electron chi connectivity index (χ1n) is 5.25. The van der Waals surface area contributed by atoms with E-state index >= 15 is 0 Å². The molecule has 0 spiro atoms. The van der Waals surface area contributed by atoms with Crippen LogP contribution >= 0.6 is 11.5 Å². The molecule has 17 heavy (non-hydrogen) atoms. The van der Waals surface area contributed by atoms with Crippen molar-refractivity contribution in [3.05, 3.63) is 23.4 Å². The van der Waals surface area contributed by atoms with Gasteiger partial charge in [0.25, 0.3) is 0 Å². The van der Waals surface area contributed by atoms with Crippen molar-refractivity contribution in [1.82, 2.24) is 4.37 Å². The molecule has 0 atom stereocenters. The van der Waals surface area contributed by atoms with Gasteiger partial charge in [0, 0.05) is 5.92 Å². The van der Waals surface area contributed by atoms with Crippen molar-refractivity contribution in [3.8, 4) is 0 Å². The molecule has 1 amide bonds. The first-order valence-corrected chi connectivity index (χ1v) is 6.02. The van der Waals surface area contributed by atoms with E-state index in [1.54, 1.807) is 6.92 Å². The Morgan fingerprint density at radius 1 is 1.47 bits per heavy atom. The van der Waals surface area contributed by atoms with E-state index in [9.17, 15) is 9.59 Å². The van der Waals surface area contributed by atoms with E-state index in [4.69, 9.17) is 5.11 Å². The standard InChI is InChI=1S/C11H12N2O3S/c1-6-8(11(15)16)10(17-13-6)12-9(14)7-4-2-3-5-7/h2-3,7H,4-5H2,1H3,(H,12,14)(H,15,16). The molecule has 1 heterocycles. The molecule has 1 aliphatic carbocycles. The number of carbonyl (C=O) groups excluding carboxylic acids is 1. The normalized spacial score (nSPS) is 15.1. The second-order valence-corrected chi connectivity index (χ2v) is 4.68. The summed E-state index contributed by atoms with van der Waals surface area (Å²) in [4.78, 5) is 22.8. The van der Waals surface area contributed by atoms with Crippen molar-refractivity contribution in [2.24, 2.45) is 5.92 Å². The number of aromatic carboxylic acids is 1. The fraction of sp³-hybridized carbons (Fsp3) is 0.364. The largest absolute Gasteiger partial charge is 0.478 e. The predicted octanol–water partition coefficient (Wildman–Crippen LogP) is 2.05. The minimum Gasteiger partial charge on any atom is -0.478 e. The van der Waals surface area contributed by atoms with Crippen molar-refractivity contribution in [1.29, 1.82) is 0 Å². The Kier molecular flexibility index (Phi) is 3.23. The first kappa shape index (κ1) is 11.8. The van der Waals surface area contributed by atoms with Gasteiger partial charge in [0.15, 0.2) is 0 Å². The maximum atomic E-state index is 11.8. The second-order valence-electron chi connectivity index (χ2n) is 3.91. The molecule has 90 valence electrons. The summed E-state index contributed by atoms with van der Waals surface area (Å²) in [5.74, 6) is -1.28. The molecule has 1 aliphatic rings. The highest BCUT2D eigenvalue weighted by Gasteiger charge is 2.23. The first-order chi connectivity index (χ1) is 8.09. The van der Waals surface area contributed by atoms with Gasteiger partial charge in [0.05, 0.1) is 5.69 Å². The zero-order chi connectivity index (χ0) is 12.4. The van der Waals surface area contributed by atoms with Crippen LogP contribution in [-0.4, -0.2) is 21.4 Å². The number of amides is 1. The third-order valence-electron chi connectivity index (χ3n) is 2.69. The van der Waals surface area contributed by atoms with Gasteiger partial charge in [-0.1, -0.05) is 12.2 Å². The molecule has 0 bridgehead atoms. The van der Waals surface area contributed by atoms with Crippen LogP contribution in [0.25, 0.3) is 0 Å². The number of carboxylic acid groups (broad SMARTS) is 1. The molecule has 0 aliphatic heterocycles. The van der Waals surface area contributed by atoms with Crippen LogP contribution in [0.3, 0.4) is 0 Å². The summed E-state index contributed by atoms with van der Waals surface area (Å²) in [6, 6.07) is 0. The quantitative estimate of drug-likeness (QED) is 0.807. The van der Waals surface area contributed by atoms with Crippen LogP contribution in [0.15, 0.2) is 12.2 Å². The fourth-order valence-electron chi connectivity index (χ4n) is 1.75. The summed E-state index contributed by atoms with van der Waals surface area (Å²) < 4.78 is 3.95. The van der Waals surface area contributed by atoms with Crippen LogP contribution in [0.5, 0.6) is 0 Å². The molecule has 0 unspecified atom stereocenters. The lowest BCUT2D eigenvalue weighted by molar-refractivity contribution is -0.119. The number of carboxylic acids is 1. The molecular formula is C11H12N2O3S. The molecule has 2 N–H and O–H groups in total. The Morgan fingerprint density at radius 2 is 2.12 bits per heavy atom. The van der Waals surface area contributed by atoms with Crippen LogP contribution in [-0.2, 0) is 4.79 Å². The molecule has 0 saturated heterocycles. The molecule has 1 aromatic heterocycles. The average molecular weight is 252 g/mol. The Hall–Kier alpha value is -1.69. The maximum Gasteiger partial charge on any atom is 0.340 e. The predicted molar refractivity (Wildman–Crippen MR) is 64.3 cm³/mol. The molecule has 0 radical (unpaired) electrons. The highest BCUT2D eigenvalue weighted by molar-refractivity contribution is 7.11. The number of carbonyl (C=O) groups is 2. The number of hydrogen-bond acceptors (Lipinski definition) is 4. The minimum atomic E-state index is -1.06. The maximum absolute atomic E-state index is 11.8. The topological polar surface area (TPSA) is 79.3 Å². The molecule has 0 aromatic carbocycles.